The summed E-state index contributed by atoms with van der Waals surface area (Å²) in [4.78, 5) is 2.56. The van der Waals surface area contributed by atoms with Gasteiger partial charge in [0.1, 0.15) is 94.0 Å². The molecule has 0 aliphatic carbocycles. The Hall–Kier alpha value is -8.88. The Balaban J connectivity index is 0.538. The molecule has 0 saturated carbocycles. The van der Waals surface area contributed by atoms with Gasteiger partial charge in [0.25, 0.3) is 0 Å². The highest BCUT2D eigenvalue weighted by Gasteiger charge is 2.40. The van der Waals surface area contributed by atoms with Crippen LogP contribution in [0.1, 0.15) is 110 Å². The maximum absolute atomic E-state index is 6.71. The monoisotopic (exact) mass is 1950 g/mol. The summed E-state index contributed by atoms with van der Waals surface area (Å²) in [5.74, 6) is 6.71. The van der Waals surface area contributed by atoms with E-state index in [-0.39, 0.29) is 37.3 Å². The highest BCUT2D eigenvalue weighted by molar-refractivity contribution is 8.42. The first-order valence-electron chi connectivity index (χ1n) is 46.1. The van der Waals surface area contributed by atoms with Crippen LogP contribution in [0, 0.1) is 0 Å². The van der Waals surface area contributed by atoms with Crippen LogP contribution < -0.4 is 42.6 Å². The lowest BCUT2D eigenvalue weighted by atomic mass is 9.64. The van der Waals surface area contributed by atoms with Crippen LogP contribution in [0.4, 0.5) is 0 Å². The molecule has 0 radical (unpaired) electrons. The van der Waals surface area contributed by atoms with E-state index >= 15 is 0 Å². The standard InChI is InChI=1S/C109H129NO19S6/c1-12-79-19-27-86(28-20-79)109(87-33-29-84(30-34-87)107(2,3)4,88-35-31-85(32-36-88)108(5,6)7)89-37-45-93(46-38-89)124-66-60-119-69-70-131-104-103(130-11)134-106(135-104)105-132-100-73-110(74-101(100)133-105)47-48-114-61-67-125-96-17-13-16-95-94(96)15-14-18-97(95)126-68-62-118-55-56-120-75-83-71-98(127-76-80-21-39-90(40-22-80)121-63-57-115-52-49-111-8)102(129-78-82-25-43-92(44-26-82)123-65-59-117-54-51-113-10)99(72-83)128-77-81-23-41-91(42-24-81)122-64-58-116-53-50-112-9/h13-46,71-74H,12,47-70,75-78H2,1-11H3. The number of thioether (sulfide) groups is 6. The first kappa shape index (κ1) is 103. The maximum atomic E-state index is 6.71. The van der Waals surface area contributed by atoms with Gasteiger partial charge in [0.05, 0.1) is 135 Å². The second-order valence-electron chi connectivity index (χ2n) is 33.9. The molecule has 1 aromatic heterocycles. The van der Waals surface area contributed by atoms with Gasteiger partial charge in [-0.3, -0.25) is 0 Å². The number of nitrogens with zero attached hydrogens (tertiary/aromatic N) is 1. The number of hydrogen-bond acceptors (Lipinski definition) is 25. The molecule has 2 aliphatic rings. The minimum absolute atomic E-state index is 0.0292. The molecule has 3 heterocycles. The molecule has 0 N–H and O–H groups in total. The van der Waals surface area contributed by atoms with E-state index in [4.69, 9.17) is 90.0 Å². The first-order valence-corrected chi connectivity index (χ1v) is 51.6. The van der Waals surface area contributed by atoms with E-state index in [1.807, 2.05) is 186 Å². The van der Waals surface area contributed by atoms with Gasteiger partial charge in [-0.05, 0) is 158 Å². The summed E-state index contributed by atoms with van der Waals surface area (Å²) in [6.45, 7) is 27.5. The van der Waals surface area contributed by atoms with Crippen molar-refractivity contribution in [3.05, 3.63) is 309 Å². The average molecular weight is 1950 g/mol. The molecule has 0 unspecified atom stereocenters. The predicted octanol–water partition coefficient (Wildman–Crippen LogP) is 23.9. The molecule has 26 heteroatoms. The third-order valence-electron chi connectivity index (χ3n) is 22.3. The Kier molecular flexibility index (Phi) is 41.8. The van der Waals surface area contributed by atoms with Crippen molar-refractivity contribution >= 4 is 81.3 Å². The van der Waals surface area contributed by atoms with Crippen LogP contribution in [-0.4, -0.2) is 183 Å². The SMILES string of the molecule is CCc1ccc(C(c2ccc(OCCOCCSC3=C(SC)SC(=C4Sc5cn(CCOCCOc6cccc7c(OCCOCCOCc8cc(OCc9ccc(OCCOCCOC)cc9)c(OCc9ccc(OCCOCCOC)cc9)c(OCc9ccc(OCCOCCOC)cc9)c8)cccc67)cc5S4)S3)cc2)(c2ccc(C(C)(C)C)cc2)c2ccc(C(C)(C)C)cc2)cc1. The fourth-order valence-corrected chi connectivity index (χ4v) is 23.2. The predicted molar refractivity (Wildman–Crippen MR) is 549 cm³/mol. The van der Waals surface area contributed by atoms with Crippen LogP contribution in [0.2, 0.25) is 0 Å². The molecule has 2 aliphatic heterocycles. The number of benzene rings is 10. The van der Waals surface area contributed by atoms with Crippen molar-refractivity contribution in [2.24, 2.45) is 0 Å². The summed E-state index contributed by atoms with van der Waals surface area (Å²) in [5, 5.41) is 1.90. The van der Waals surface area contributed by atoms with Crippen molar-refractivity contribution in [3.63, 3.8) is 0 Å². The Bertz CT molecular complexity index is 5290. The zero-order valence-corrected chi connectivity index (χ0v) is 84.5. The smallest absolute Gasteiger partial charge is 0.203 e. The van der Waals surface area contributed by atoms with Gasteiger partial charge < -0.3 is 94.6 Å². The molecule has 0 amide bonds. The van der Waals surface area contributed by atoms with Crippen molar-refractivity contribution in [1.82, 2.24) is 4.57 Å². The lowest BCUT2D eigenvalue weighted by molar-refractivity contribution is 0.0304. The van der Waals surface area contributed by atoms with Crippen LogP contribution >= 0.6 is 70.6 Å². The molecule has 13 rings (SSSR count). The van der Waals surface area contributed by atoms with Crippen LogP contribution in [0.5, 0.6) is 51.7 Å². The topological polar surface area (TPSA) is 180 Å². The number of hydrogen-bond donors (Lipinski definition) is 0. The molecule has 0 fully saturated rings. The van der Waals surface area contributed by atoms with Gasteiger partial charge in [-0.15, -0.1) is 23.5 Å². The van der Waals surface area contributed by atoms with Gasteiger partial charge in [0.2, 0.25) is 5.75 Å². The molecule has 11 aromatic rings. The van der Waals surface area contributed by atoms with E-state index in [1.54, 1.807) is 21.3 Å². The molecule has 0 saturated heterocycles. The van der Waals surface area contributed by atoms with Gasteiger partial charge in [-0.2, -0.15) is 0 Å². The van der Waals surface area contributed by atoms with Gasteiger partial charge in [-0.25, -0.2) is 0 Å². The summed E-state index contributed by atoms with van der Waals surface area (Å²) in [6, 6.07) is 75.8. The van der Waals surface area contributed by atoms with Crippen molar-refractivity contribution in [1.29, 1.82) is 0 Å². The molecule has 20 nitrogen and oxygen atoms in total. The number of methoxy groups -OCH3 is 3. The van der Waals surface area contributed by atoms with Crippen LogP contribution in [0.15, 0.2) is 258 Å². The second kappa shape index (κ2) is 54.5. The normalized spacial score (nSPS) is 12.9. The molecule has 10 aromatic carbocycles. The minimum Gasteiger partial charge on any atom is -0.491 e. The number of aryl methyl sites for hydroxylation is 1. The molecule has 720 valence electrons. The summed E-state index contributed by atoms with van der Waals surface area (Å²) >= 11 is 11.2. The molecule has 0 atom stereocenters. The number of fused-ring (bicyclic) bond motifs is 2. The Labute approximate surface area is 823 Å². The molecular formula is C109H129NO19S6. The van der Waals surface area contributed by atoms with Crippen LogP contribution in [-0.2, 0) is 103 Å². The quantitative estimate of drug-likeness (QED) is 0.0259. The van der Waals surface area contributed by atoms with E-state index < -0.39 is 5.41 Å². The van der Waals surface area contributed by atoms with Crippen molar-refractivity contribution in [3.8, 4) is 51.7 Å². The molecule has 135 heavy (non-hydrogen) atoms. The van der Waals surface area contributed by atoms with Crippen molar-refractivity contribution in [2.75, 3.05) is 179 Å². The van der Waals surface area contributed by atoms with Crippen LogP contribution in [0.25, 0.3) is 10.8 Å². The molecule has 0 bridgehead atoms. The zero-order chi connectivity index (χ0) is 94.3. The Morgan fingerprint density at radius 2 is 0.637 bits per heavy atom. The van der Waals surface area contributed by atoms with E-state index in [0.29, 0.717) is 168 Å². The van der Waals surface area contributed by atoms with E-state index in [2.05, 4.69) is 175 Å². The highest BCUT2D eigenvalue weighted by Crippen LogP contribution is 2.64. The van der Waals surface area contributed by atoms with Crippen LogP contribution in [0.3, 0.4) is 0 Å². The van der Waals surface area contributed by atoms with E-state index in [0.717, 1.165) is 80.5 Å². The summed E-state index contributed by atoms with van der Waals surface area (Å²) in [6.07, 6.45) is 7.65. The maximum Gasteiger partial charge on any atom is 0.203 e. The second-order valence-corrected chi connectivity index (χ2v) is 41.0. The van der Waals surface area contributed by atoms with Gasteiger partial charge in [0.15, 0.2) is 11.5 Å². The fourth-order valence-electron chi connectivity index (χ4n) is 15.0. The largest absolute Gasteiger partial charge is 0.491 e. The number of aromatic nitrogens is 1. The van der Waals surface area contributed by atoms with E-state index in [9.17, 15) is 0 Å². The van der Waals surface area contributed by atoms with Gasteiger partial charge in [0, 0.05) is 66.6 Å². The fraction of sp³-hybridized carbons (Fsp3) is 0.394. The lowest BCUT2D eigenvalue weighted by Gasteiger charge is -2.38. The Morgan fingerprint density at radius 3 is 1.05 bits per heavy atom. The first-order chi connectivity index (χ1) is 66.0. The molecule has 0 spiro atoms. The number of ether oxygens (including phenoxy) is 19. The zero-order valence-electron chi connectivity index (χ0n) is 79.6. The summed E-state index contributed by atoms with van der Waals surface area (Å²) < 4.78 is 121. The number of rotatable bonds is 60. The highest BCUT2D eigenvalue weighted by atomic mass is 32.3. The van der Waals surface area contributed by atoms with Crippen molar-refractivity contribution in [2.45, 2.75) is 114 Å². The van der Waals surface area contributed by atoms with Crippen molar-refractivity contribution < 1.29 is 90.0 Å². The lowest BCUT2D eigenvalue weighted by Crippen LogP contribution is -2.31. The average Bonchev–Trinajstić information content (AvgIpc) is 1.25. The Morgan fingerprint density at radius 1 is 0.296 bits per heavy atom. The summed E-state index contributed by atoms with van der Waals surface area (Å²) in [7, 11) is 4.94. The molecular weight excluding hydrogens is 1820 g/mol. The summed E-state index contributed by atoms with van der Waals surface area (Å²) in [5.41, 5.74) is 11.8. The minimum atomic E-state index is -0.574. The third-order valence-corrected chi connectivity index (χ3v) is 30.6. The third kappa shape index (κ3) is 31.3. The van der Waals surface area contributed by atoms with E-state index in [1.165, 1.54) is 65.7 Å². The van der Waals surface area contributed by atoms with Gasteiger partial charge in [-0.1, -0.05) is 241 Å². The van der Waals surface area contributed by atoms with Gasteiger partial charge >= 0.3 is 0 Å².